The molecule has 2 heterocycles. The molecule has 2 N–H and O–H groups in total. The first kappa shape index (κ1) is 11.7. The van der Waals surface area contributed by atoms with Crippen LogP contribution in [0.25, 0.3) is 10.8 Å². The minimum atomic E-state index is 0.471. The molecule has 96 valence electrons. The van der Waals surface area contributed by atoms with Crippen molar-refractivity contribution in [2.45, 2.75) is 44.9 Å². The predicted molar refractivity (Wildman–Crippen MR) is 72.6 cm³/mol. The number of anilines is 1. The minimum absolute atomic E-state index is 0.471. The zero-order valence-corrected chi connectivity index (χ0v) is 11.3. The molecule has 0 amide bonds. The monoisotopic (exact) mass is 263 g/mol. The Morgan fingerprint density at radius 2 is 2.11 bits per heavy atom. The fourth-order valence-electron chi connectivity index (χ4n) is 2.47. The summed E-state index contributed by atoms with van der Waals surface area (Å²) in [5, 5.41) is 6.15. The van der Waals surface area contributed by atoms with Crippen molar-refractivity contribution in [2.24, 2.45) is 0 Å². The first-order chi connectivity index (χ1) is 8.75. The predicted octanol–water partition coefficient (Wildman–Crippen LogP) is 3.74. The first-order valence-corrected chi connectivity index (χ1v) is 7.31. The molecule has 4 nitrogen and oxygen atoms in total. The SMILES string of the molecule is Cc1csc(-c2nc(C3CCCCC3)no2)c1N. The molecule has 0 aromatic carbocycles. The zero-order valence-electron chi connectivity index (χ0n) is 10.5. The van der Waals surface area contributed by atoms with Gasteiger partial charge in [-0.2, -0.15) is 4.98 Å². The van der Waals surface area contributed by atoms with Crippen molar-refractivity contribution in [3.05, 3.63) is 16.8 Å². The van der Waals surface area contributed by atoms with Crippen LogP contribution in [0.1, 0.15) is 49.4 Å². The molecule has 0 bridgehead atoms. The van der Waals surface area contributed by atoms with Crippen molar-refractivity contribution in [1.82, 2.24) is 10.1 Å². The highest BCUT2D eigenvalue weighted by Crippen LogP contribution is 2.36. The summed E-state index contributed by atoms with van der Waals surface area (Å²) in [6, 6.07) is 0. The molecule has 2 aromatic rings. The lowest BCUT2D eigenvalue weighted by Crippen LogP contribution is -2.06. The second-order valence-corrected chi connectivity index (χ2v) is 5.83. The molecular weight excluding hydrogens is 246 g/mol. The van der Waals surface area contributed by atoms with Crippen LogP contribution in [-0.4, -0.2) is 10.1 Å². The van der Waals surface area contributed by atoms with Crippen molar-refractivity contribution in [1.29, 1.82) is 0 Å². The van der Waals surface area contributed by atoms with E-state index >= 15 is 0 Å². The molecule has 0 aliphatic heterocycles. The molecule has 0 unspecified atom stereocenters. The maximum Gasteiger partial charge on any atom is 0.270 e. The van der Waals surface area contributed by atoms with Gasteiger partial charge in [0.15, 0.2) is 5.82 Å². The van der Waals surface area contributed by atoms with Gasteiger partial charge in [-0.15, -0.1) is 11.3 Å². The molecule has 1 saturated carbocycles. The van der Waals surface area contributed by atoms with E-state index in [1.807, 2.05) is 12.3 Å². The van der Waals surface area contributed by atoms with Gasteiger partial charge >= 0.3 is 0 Å². The highest BCUT2D eigenvalue weighted by atomic mass is 32.1. The third kappa shape index (κ3) is 2.03. The van der Waals surface area contributed by atoms with Gasteiger partial charge in [-0.1, -0.05) is 24.4 Å². The van der Waals surface area contributed by atoms with Crippen molar-refractivity contribution in [3.8, 4) is 10.8 Å². The van der Waals surface area contributed by atoms with Crippen LogP contribution in [0.15, 0.2) is 9.90 Å². The third-order valence-corrected chi connectivity index (χ3v) is 4.73. The molecule has 2 aromatic heterocycles. The molecule has 0 spiro atoms. The molecule has 3 rings (SSSR count). The number of nitrogens with two attached hydrogens (primary N) is 1. The lowest BCUT2D eigenvalue weighted by Gasteiger charge is -2.17. The number of nitrogen functional groups attached to an aromatic ring is 1. The Labute approximate surface area is 110 Å². The zero-order chi connectivity index (χ0) is 12.5. The summed E-state index contributed by atoms with van der Waals surface area (Å²) in [4.78, 5) is 5.44. The van der Waals surface area contributed by atoms with Crippen LogP contribution in [0.2, 0.25) is 0 Å². The van der Waals surface area contributed by atoms with E-state index in [-0.39, 0.29) is 0 Å². The molecule has 1 aliphatic carbocycles. The van der Waals surface area contributed by atoms with Gasteiger partial charge < -0.3 is 10.3 Å². The van der Waals surface area contributed by atoms with Crippen LogP contribution in [-0.2, 0) is 0 Å². The Bertz CT molecular complexity index is 540. The Kier molecular flexibility index (Phi) is 3.07. The van der Waals surface area contributed by atoms with E-state index in [9.17, 15) is 0 Å². The number of nitrogens with zero attached hydrogens (tertiary/aromatic N) is 2. The standard InChI is InChI=1S/C13H17N3OS/c1-8-7-18-11(10(8)14)13-15-12(16-17-13)9-5-3-2-4-6-9/h7,9H,2-6,14H2,1H3. The van der Waals surface area contributed by atoms with E-state index in [2.05, 4.69) is 10.1 Å². The van der Waals surface area contributed by atoms with Gasteiger partial charge in [0.1, 0.15) is 4.88 Å². The van der Waals surface area contributed by atoms with Gasteiger partial charge in [0, 0.05) is 5.92 Å². The number of aryl methyl sites for hydroxylation is 1. The largest absolute Gasteiger partial charge is 0.397 e. The van der Waals surface area contributed by atoms with Gasteiger partial charge in [-0.25, -0.2) is 0 Å². The topological polar surface area (TPSA) is 64.9 Å². The summed E-state index contributed by atoms with van der Waals surface area (Å²) < 4.78 is 5.37. The first-order valence-electron chi connectivity index (χ1n) is 6.43. The summed E-state index contributed by atoms with van der Waals surface area (Å²) in [7, 11) is 0. The maximum atomic E-state index is 6.00. The van der Waals surface area contributed by atoms with Crippen LogP contribution in [0, 0.1) is 6.92 Å². The fraction of sp³-hybridized carbons (Fsp3) is 0.538. The Balaban J connectivity index is 1.87. The van der Waals surface area contributed by atoms with Crippen molar-refractivity contribution >= 4 is 17.0 Å². The Morgan fingerprint density at radius 3 is 2.78 bits per heavy atom. The van der Waals surface area contributed by atoms with E-state index in [0.29, 0.717) is 11.8 Å². The van der Waals surface area contributed by atoms with E-state index in [4.69, 9.17) is 10.3 Å². The Morgan fingerprint density at radius 1 is 1.33 bits per heavy atom. The number of hydrogen-bond acceptors (Lipinski definition) is 5. The summed E-state index contributed by atoms with van der Waals surface area (Å²) >= 11 is 1.57. The van der Waals surface area contributed by atoms with E-state index in [0.717, 1.165) is 22.0 Å². The van der Waals surface area contributed by atoms with Crippen LogP contribution in [0.3, 0.4) is 0 Å². The highest BCUT2D eigenvalue weighted by molar-refractivity contribution is 7.14. The summed E-state index contributed by atoms with van der Waals surface area (Å²) in [5.41, 5.74) is 7.84. The van der Waals surface area contributed by atoms with Gasteiger partial charge in [-0.3, -0.25) is 0 Å². The summed E-state index contributed by atoms with van der Waals surface area (Å²) in [6.45, 7) is 1.99. The number of aromatic nitrogens is 2. The number of thiophene rings is 1. The maximum absolute atomic E-state index is 6.00. The van der Waals surface area contributed by atoms with E-state index in [1.54, 1.807) is 11.3 Å². The normalized spacial score (nSPS) is 17.2. The van der Waals surface area contributed by atoms with Crippen LogP contribution < -0.4 is 5.73 Å². The second kappa shape index (κ2) is 4.72. The van der Waals surface area contributed by atoms with Crippen LogP contribution in [0.4, 0.5) is 5.69 Å². The third-order valence-electron chi connectivity index (χ3n) is 3.63. The summed E-state index contributed by atoms with van der Waals surface area (Å²) in [6.07, 6.45) is 6.23. The second-order valence-electron chi connectivity index (χ2n) is 4.95. The highest BCUT2D eigenvalue weighted by Gasteiger charge is 2.22. The number of hydrogen-bond donors (Lipinski definition) is 1. The van der Waals surface area contributed by atoms with Gasteiger partial charge in [-0.05, 0) is 30.7 Å². The lowest BCUT2D eigenvalue weighted by atomic mass is 9.89. The van der Waals surface area contributed by atoms with Crippen molar-refractivity contribution in [2.75, 3.05) is 5.73 Å². The molecule has 1 aliphatic rings. The van der Waals surface area contributed by atoms with E-state index in [1.165, 1.54) is 32.1 Å². The van der Waals surface area contributed by atoms with Gasteiger partial charge in [0.25, 0.3) is 5.89 Å². The van der Waals surface area contributed by atoms with Crippen molar-refractivity contribution in [3.63, 3.8) is 0 Å². The molecule has 18 heavy (non-hydrogen) atoms. The van der Waals surface area contributed by atoms with Crippen LogP contribution >= 0.6 is 11.3 Å². The average molecular weight is 263 g/mol. The van der Waals surface area contributed by atoms with Crippen molar-refractivity contribution < 1.29 is 4.52 Å². The quantitative estimate of drug-likeness (QED) is 0.896. The van der Waals surface area contributed by atoms with Gasteiger partial charge in [0.2, 0.25) is 0 Å². The Hall–Kier alpha value is -1.36. The van der Waals surface area contributed by atoms with E-state index < -0.39 is 0 Å². The molecule has 0 saturated heterocycles. The fourth-order valence-corrected chi connectivity index (χ4v) is 3.37. The average Bonchev–Trinajstić information content (AvgIpc) is 3.00. The molecular formula is C13H17N3OS. The molecule has 1 fully saturated rings. The molecule has 0 radical (unpaired) electrons. The molecule has 0 atom stereocenters. The lowest BCUT2D eigenvalue weighted by molar-refractivity contribution is 0.385. The number of rotatable bonds is 2. The van der Waals surface area contributed by atoms with Gasteiger partial charge in [0.05, 0.1) is 5.69 Å². The molecule has 5 heteroatoms. The van der Waals surface area contributed by atoms with Crippen LogP contribution in [0.5, 0.6) is 0 Å². The minimum Gasteiger partial charge on any atom is -0.397 e. The smallest absolute Gasteiger partial charge is 0.270 e. The summed E-state index contributed by atoms with van der Waals surface area (Å²) in [5.74, 6) is 1.90.